The fraction of sp³-hybridized carbons (Fsp3) is 0.625. The molecule has 0 aliphatic carbocycles. The smallest absolute Gasteiger partial charge is 0.374 e. The molecular weight excluding hydrogens is 144 g/mol. The van der Waals surface area contributed by atoms with Crippen molar-refractivity contribution in [3.05, 3.63) is 11.3 Å². The van der Waals surface area contributed by atoms with Crippen LogP contribution in [-0.2, 0) is 9.53 Å². The van der Waals surface area contributed by atoms with Crippen molar-refractivity contribution in [2.75, 3.05) is 0 Å². The summed E-state index contributed by atoms with van der Waals surface area (Å²) in [5, 5.41) is 9.07. The monoisotopic (exact) mass is 156 g/mol. The first kappa shape index (κ1) is 8.11. The Bertz CT molecular complexity index is 205. The fourth-order valence-electron chi connectivity index (χ4n) is 1.12. The van der Waals surface area contributed by atoms with E-state index in [-0.39, 0.29) is 11.9 Å². The lowest BCUT2D eigenvalue weighted by Crippen LogP contribution is -2.09. The molecule has 0 spiro atoms. The van der Waals surface area contributed by atoms with E-state index in [9.17, 15) is 4.79 Å². The van der Waals surface area contributed by atoms with Gasteiger partial charge in [0.05, 0.1) is 0 Å². The standard InChI is InChI=1S/C8H12O3/c1-3-4-6-5(2)7(9)8(10)11-6/h6,9H,3-4H2,1-2H3. The van der Waals surface area contributed by atoms with Crippen LogP contribution in [0.5, 0.6) is 0 Å². The van der Waals surface area contributed by atoms with Gasteiger partial charge in [-0.1, -0.05) is 13.3 Å². The third-order valence-corrected chi connectivity index (χ3v) is 1.85. The lowest BCUT2D eigenvalue weighted by molar-refractivity contribution is -0.142. The van der Waals surface area contributed by atoms with Crippen molar-refractivity contribution >= 4 is 5.97 Å². The molecule has 0 bridgehead atoms. The highest BCUT2D eigenvalue weighted by atomic mass is 16.6. The van der Waals surface area contributed by atoms with E-state index in [1.54, 1.807) is 6.92 Å². The summed E-state index contributed by atoms with van der Waals surface area (Å²) in [4.78, 5) is 10.7. The topological polar surface area (TPSA) is 46.5 Å². The van der Waals surface area contributed by atoms with Crippen LogP contribution < -0.4 is 0 Å². The molecule has 62 valence electrons. The Kier molecular flexibility index (Phi) is 2.17. The van der Waals surface area contributed by atoms with E-state index in [0.29, 0.717) is 5.57 Å². The summed E-state index contributed by atoms with van der Waals surface area (Å²) in [5.41, 5.74) is 0.664. The van der Waals surface area contributed by atoms with E-state index in [1.807, 2.05) is 6.92 Å². The summed E-state index contributed by atoms with van der Waals surface area (Å²) in [7, 11) is 0. The number of carbonyl (C=O) groups excluding carboxylic acids is 1. The highest BCUT2D eigenvalue weighted by molar-refractivity contribution is 5.89. The van der Waals surface area contributed by atoms with Crippen LogP contribution in [0, 0.1) is 0 Å². The minimum Gasteiger partial charge on any atom is -0.502 e. The second-order valence-corrected chi connectivity index (χ2v) is 2.71. The van der Waals surface area contributed by atoms with E-state index in [1.165, 1.54) is 0 Å². The molecule has 1 N–H and O–H groups in total. The van der Waals surface area contributed by atoms with Gasteiger partial charge < -0.3 is 9.84 Å². The van der Waals surface area contributed by atoms with E-state index in [4.69, 9.17) is 9.84 Å². The molecule has 0 saturated carbocycles. The SMILES string of the molecule is CCCC1OC(=O)C(O)=C1C. The maximum absolute atomic E-state index is 10.7. The summed E-state index contributed by atoms with van der Waals surface area (Å²) in [6.07, 6.45) is 1.55. The first-order chi connectivity index (χ1) is 5.16. The van der Waals surface area contributed by atoms with Gasteiger partial charge in [0.1, 0.15) is 6.10 Å². The molecule has 0 fully saturated rings. The minimum atomic E-state index is -0.582. The summed E-state index contributed by atoms with van der Waals surface area (Å²) in [5.74, 6) is -0.788. The lowest BCUT2D eigenvalue weighted by atomic mass is 10.1. The average Bonchev–Trinajstić information content (AvgIpc) is 2.19. The van der Waals surface area contributed by atoms with Gasteiger partial charge in [0, 0.05) is 5.57 Å². The molecule has 1 rings (SSSR count). The average molecular weight is 156 g/mol. The van der Waals surface area contributed by atoms with Crippen LogP contribution in [0.15, 0.2) is 11.3 Å². The normalized spacial score (nSPS) is 24.2. The van der Waals surface area contributed by atoms with Gasteiger partial charge in [0.2, 0.25) is 5.76 Å². The molecular formula is C8H12O3. The van der Waals surface area contributed by atoms with Gasteiger partial charge in [0.15, 0.2) is 0 Å². The molecule has 0 amide bonds. The van der Waals surface area contributed by atoms with Crippen LogP contribution >= 0.6 is 0 Å². The van der Waals surface area contributed by atoms with Crippen molar-refractivity contribution in [1.29, 1.82) is 0 Å². The van der Waals surface area contributed by atoms with Crippen molar-refractivity contribution < 1.29 is 14.6 Å². The van der Waals surface area contributed by atoms with Gasteiger partial charge >= 0.3 is 5.97 Å². The third-order valence-electron chi connectivity index (χ3n) is 1.85. The number of hydrogen-bond acceptors (Lipinski definition) is 3. The maximum atomic E-state index is 10.7. The summed E-state index contributed by atoms with van der Waals surface area (Å²) < 4.78 is 4.86. The van der Waals surface area contributed by atoms with Crippen LogP contribution in [0.3, 0.4) is 0 Å². The molecule has 0 radical (unpaired) electrons. The van der Waals surface area contributed by atoms with Crippen LogP contribution in [0.1, 0.15) is 26.7 Å². The second kappa shape index (κ2) is 2.95. The van der Waals surface area contributed by atoms with Crippen molar-refractivity contribution in [2.24, 2.45) is 0 Å². The van der Waals surface area contributed by atoms with Gasteiger partial charge in [-0.25, -0.2) is 4.79 Å². The van der Waals surface area contributed by atoms with E-state index < -0.39 is 5.97 Å². The van der Waals surface area contributed by atoms with E-state index in [2.05, 4.69) is 0 Å². The van der Waals surface area contributed by atoms with Crippen molar-refractivity contribution in [2.45, 2.75) is 32.8 Å². The minimum absolute atomic E-state index is 0.188. The quantitative estimate of drug-likeness (QED) is 0.617. The molecule has 3 heteroatoms. The summed E-state index contributed by atoms with van der Waals surface area (Å²) in [6, 6.07) is 0. The largest absolute Gasteiger partial charge is 0.502 e. The number of esters is 1. The van der Waals surface area contributed by atoms with E-state index >= 15 is 0 Å². The summed E-state index contributed by atoms with van der Waals surface area (Å²) >= 11 is 0. The number of carbonyl (C=O) groups is 1. The van der Waals surface area contributed by atoms with Crippen LogP contribution in [0.25, 0.3) is 0 Å². The zero-order chi connectivity index (χ0) is 8.43. The third kappa shape index (κ3) is 1.37. The zero-order valence-electron chi connectivity index (χ0n) is 6.76. The molecule has 1 aliphatic heterocycles. The number of aliphatic hydroxyl groups is 1. The van der Waals surface area contributed by atoms with E-state index in [0.717, 1.165) is 12.8 Å². The van der Waals surface area contributed by atoms with Crippen molar-refractivity contribution in [1.82, 2.24) is 0 Å². The predicted octanol–water partition coefficient (Wildman–Crippen LogP) is 1.54. The number of hydrogen-bond donors (Lipinski definition) is 1. The molecule has 0 aromatic heterocycles. The fourth-order valence-corrected chi connectivity index (χ4v) is 1.12. The predicted molar refractivity (Wildman–Crippen MR) is 40.1 cm³/mol. The molecule has 0 aromatic carbocycles. The Morgan fingerprint density at radius 2 is 2.27 bits per heavy atom. The molecule has 0 saturated heterocycles. The molecule has 11 heavy (non-hydrogen) atoms. The zero-order valence-corrected chi connectivity index (χ0v) is 6.76. The number of aliphatic hydroxyl groups excluding tert-OH is 1. The molecule has 1 aliphatic rings. The van der Waals surface area contributed by atoms with Crippen molar-refractivity contribution in [3.8, 4) is 0 Å². The maximum Gasteiger partial charge on any atom is 0.374 e. The van der Waals surface area contributed by atoms with Crippen LogP contribution in [-0.4, -0.2) is 17.2 Å². The molecule has 3 nitrogen and oxygen atoms in total. The first-order valence-corrected chi connectivity index (χ1v) is 3.77. The number of ether oxygens (including phenoxy) is 1. The molecule has 0 aromatic rings. The Hall–Kier alpha value is -0.990. The molecule has 1 atom stereocenters. The van der Waals surface area contributed by atoms with Gasteiger partial charge in [-0.3, -0.25) is 0 Å². The highest BCUT2D eigenvalue weighted by Gasteiger charge is 2.29. The Balaban J connectivity index is 2.69. The number of cyclic esters (lactones) is 1. The molecule has 1 unspecified atom stereocenters. The first-order valence-electron chi connectivity index (χ1n) is 3.77. The molecule has 1 heterocycles. The lowest BCUT2D eigenvalue weighted by Gasteiger charge is -2.07. The van der Waals surface area contributed by atoms with Gasteiger partial charge in [0.25, 0.3) is 0 Å². The van der Waals surface area contributed by atoms with Gasteiger partial charge in [-0.05, 0) is 13.3 Å². The van der Waals surface area contributed by atoms with Crippen LogP contribution in [0.4, 0.5) is 0 Å². The van der Waals surface area contributed by atoms with Gasteiger partial charge in [-0.2, -0.15) is 0 Å². The Morgan fingerprint density at radius 3 is 2.64 bits per heavy atom. The highest BCUT2D eigenvalue weighted by Crippen LogP contribution is 2.23. The van der Waals surface area contributed by atoms with Gasteiger partial charge in [-0.15, -0.1) is 0 Å². The summed E-state index contributed by atoms with van der Waals surface area (Å²) in [6.45, 7) is 3.73. The van der Waals surface area contributed by atoms with Crippen LogP contribution in [0.2, 0.25) is 0 Å². The second-order valence-electron chi connectivity index (χ2n) is 2.71. The van der Waals surface area contributed by atoms with Crippen molar-refractivity contribution in [3.63, 3.8) is 0 Å². The number of rotatable bonds is 2. The Morgan fingerprint density at radius 1 is 1.64 bits per heavy atom. The Labute approximate surface area is 65.7 Å².